The zero-order valence-corrected chi connectivity index (χ0v) is 13.1. The van der Waals surface area contributed by atoms with Gasteiger partial charge >= 0.3 is 5.97 Å². The number of hydrogen-bond donors (Lipinski definition) is 1. The maximum atomic E-state index is 11.3. The summed E-state index contributed by atoms with van der Waals surface area (Å²) in [5, 5.41) is 12.2. The minimum Gasteiger partial charge on any atom is -0.478 e. The molecule has 1 N–H and O–H groups in total. The molecule has 0 spiro atoms. The number of fused-ring (bicyclic) bond motifs is 1. The molecule has 4 nitrogen and oxygen atoms in total. The van der Waals surface area contributed by atoms with Crippen LogP contribution in [0.15, 0.2) is 63.3 Å². The van der Waals surface area contributed by atoms with Crippen molar-refractivity contribution in [3.8, 4) is 0 Å². The Hall–Kier alpha value is -1.92. The molecule has 0 saturated carbocycles. The Morgan fingerprint density at radius 1 is 1.05 bits per heavy atom. The highest BCUT2D eigenvalue weighted by Gasteiger charge is 2.14. The Bertz CT molecular complexity index is 839. The fourth-order valence-electron chi connectivity index (χ4n) is 1.96. The summed E-state index contributed by atoms with van der Waals surface area (Å²) < 4.78 is 0.878. The molecule has 0 radical (unpaired) electrons. The van der Waals surface area contributed by atoms with Gasteiger partial charge in [0, 0.05) is 23.2 Å². The maximum Gasteiger partial charge on any atom is 0.337 e. The molecule has 0 aliphatic carbocycles. The molecular formula is C15H9BrN2O2S. The van der Waals surface area contributed by atoms with E-state index in [4.69, 9.17) is 0 Å². The average molecular weight is 361 g/mol. The summed E-state index contributed by atoms with van der Waals surface area (Å²) in [5.41, 5.74) is 0.204. The molecule has 0 aliphatic rings. The standard InChI is InChI=1S/C15H9BrN2O2S/c16-12-6-3-7-17-14(12)21-13-10-5-2-1-4-9(10)11(8-18-13)15(19)20/h1-8H,(H,19,20). The number of aromatic carboxylic acids is 1. The quantitative estimate of drug-likeness (QED) is 0.756. The molecule has 0 amide bonds. The SMILES string of the molecule is O=C(O)c1cnc(Sc2ncccc2Br)c2ccccc12. The van der Waals surface area contributed by atoms with Gasteiger partial charge in [0.2, 0.25) is 0 Å². The third-order valence-corrected chi connectivity index (χ3v) is 4.85. The Balaban J connectivity index is 2.14. The topological polar surface area (TPSA) is 63.1 Å². The van der Waals surface area contributed by atoms with Crippen LogP contribution in [0.3, 0.4) is 0 Å². The number of nitrogens with zero attached hydrogens (tertiary/aromatic N) is 2. The first kappa shape index (κ1) is 14.0. The van der Waals surface area contributed by atoms with E-state index in [9.17, 15) is 9.90 Å². The first-order chi connectivity index (χ1) is 10.2. The second-order valence-electron chi connectivity index (χ2n) is 4.22. The van der Waals surface area contributed by atoms with E-state index in [1.165, 1.54) is 18.0 Å². The Morgan fingerprint density at radius 2 is 1.81 bits per heavy atom. The van der Waals surface area contributed by atoms with E-state index >= 15 is 0 Å². The van der Waals surface area contributed by atoms with Crippen LogP contribution in [0.5, 0.6) is 0 Å². The van der Waals surface area contributed by atoms with Crippen LogP contribution in [0.4, 0.5) is 0 Å². The highest BCUT2D eigenvalue weighted by atomic mass is 79.9. The van der Waals surface area contributed by atoms with Crippen LogP contribution in [0, 0.1) is 0 Å². The number of carboxylic acids is 1. The first-order valence-corrected chi connectivity index (χ1v) is 7.67. The number of halogens is 1. The monoisotopic (exact) mass is 360 g/mol. The number of hydrogen-bond acceptors (Lipinski definition) is 4. The molecule has 0 aliphatic heterocycles. The Morgan fingerprint density at radius 3 is 2.52 bits per heavy atom. The molecule has 0 unspecified atom stereocenters. The molecule has 3 rings (SSSR count). The predicted molar refractivity (Wildman–Crippen MR) is 84.8 cm³/mol. The van der Waals surface area contributed by atoms with Gasteiger partial charge in [-0.05, 0) is 39.8 Å². The van der Waals surface area contributed by atoms with Crippen molar-refractivity contribution in [3.63, 3.8) is 0 Å². The summed E-state index contributed by atoms with van der Waals surface area (Å²) >= 11 is 4.85. The number of carbonyl (C=O) groups is 1. The summed E-state index contributed by atoms with van der Waals surface area (Å²) in [6.07, 6.45) is 3.10. The third-order valence-electron chi connectivity index (χ3n) is 2.91. The van der Waals surface area contributed by atoms with E-state index in [-0.39, 0.29) is 5.56 Å². The molecule has 1 aromatic carbocycles. The molecule has 6 heteroatoms. The molecule has 0 fully saturated rings. The fourth-order valence-corrected chi connectivity index (χ4v) is 3.31. The minimum atomic E-state index is -0.978. The molecule has 0 saturated heterocycles. The molecular weight excluding hydrogens is 352 g/mol. The molecule has 21 heavy (non-hydrogen) atoms. The highest BCUT2D eigenvalue weighted by Crippen LogP contribution is 2.35. The summed E-state index contributed by atoms with van der Waals surface area (Å²) in [6.45, 7) is 0. The van der Waals surface area contributed by atoms with Crippen LogP contribution in [0.25, 0.3) is 10.8 Å². The molecule has 104 valence electrons. The molecule has 3 aromatic rings. The van der Waals surface area contributed by atoms with Crippen molar-refractivity contribution in [3.05, 3.63) is 58.8 Å². The van der Waals surface area contributed by atoms with Gasteiger partial charge in [0.1, 0.15) is 10.1 Å². The molecule has 0 atom stereocenters. The summed E-state index contributed by atoms with van der Waals surface area (Å²) in [6, 6.07) is 11.1. The average Bonchev–Trinajstić information content (AvgIpc) is 2.49. The van der Waals surface area contributed by atoms with Crippen LogP contribution in [0.1, 0.15) is 10.4 Å². The lowest BCUT2D eigenvalue weighted by Crippen LogP contribution is -1.99. The minimum absolute atomic E-state index is 0.204. The predicted octanol–water partition coefficient (Wildman–Crippen LogP) is 4.24. The van der Waals surface area contributed by atoms with Crippen LogP contribution >= 0.6 is 27.7 Å². The van der Waals surface area contributed by atoms with Gasteiger partial charge in [-0.3, -0.25) is 0 Å². The number of aromatic nitrogens is 2. The van der Waals surface area contributed by atoms with Crippen LogP contribution in [-0.2, 0) is 0 Å². The van der Waals surface area contributed by atoms with Crippen LogP contribution in [-0.4, -0.2) is 21.0 Å². The molecule has 2 heterocycles. The number of pyridine rings is 2. The van der Waals surface area contributed by atoms with E-state index in [0.29, 0.717) is 5.39 Å². The van der Waals surface area contributed by atoms with Gasteiger partial charge in [-0.15, -0.1) is 0 Å². The Kier molecular flexibility index (Phi) is 3.90. The lowest BCUT2D eigenvalue weighted by molar-refractivity contribution is 0.0698. The van der Waals surface area contributed by atoms with Crippen LogP contribution in [0.2, 0.25) is 0 Å². The summed E-state index contributed by atoms with van der Waals surface area (Å²) in [4.78, 5) is 19.9. The zero-order chi connectivity index (χ0) is 14.8. The summed E-state index contributed by atoms with van der Waals surface area (Å²) in [7, 11) is 0. The van der Waals surface area contributed by atoms with Crippen LogP contribution < -0.4 is 0 Å². The number of rotatable bonds is 3. The van der Waals surface area contributed by atoms with Crippen molar-refractivity contribution in [2.24, 2.45) is 0 Å². The van der Waals surface area contributed by atoms with E-state index in [2.05, 4.69) is 25.9 Å². The first-order valence-electron chi connectivity index (χ1n) is 6.06. The largest absolute Gasteiger partial charge is 0.478 e. The van der Waals surface area contributed by atoms with Crippen molar-refractivity contribution in [1.29, 1.82) is 0 Å². The number of carboxylic acid groups (broad SMARTS) is 1. The van der Waals surface area contributed by atoms with Crippen molar-refractivity contribution in [2.75, 3.05) is 0 Å². The lowest BCUT2D eigenvalue weighted by atomic mass is 10.1. The zero-order valence-electron chi connectivity index (χ0n) is 10.7. The van der Waals surface area contributed by atoms with E-state index in [0.717, 1.165) is 19.9 Å². The molecule has 0 bridgehead atoms. The van der Waals surface area contributed by atoms with E-state index < -0.39 is 5.97 Å². The smallest absolute Gasteiger partial charge is 0.337 e. The van der Waals surface area contributed by atoms with E-state index in [1.54, 1.807) is 12.3 Å². The maximum absolute atomic E-state index is 11.3. The van der Waals surface area contributed by atoms with Gasteiger partial charge in [0.25, 0.3) is 0 Å². The second-order valence-corrected chi connectivity index (χ2v) is 6.05. The van der Waals surface area contributed by atoms with Crippen molar-refractivity contribution in [1.82, 2.24) is 9.97 Å². The fraction of sp³-hybridized carbons (Fsp3) is 0. The van der Waals surface area contributed by atoms with Gasteiger partial charge in [-0.25, -0.2) is 14.8 Å². The second kappa shape index (κ2) is 5.83. The highest BCUT2D eigenvalue weighted by molar-refractivity contribution is 9.10. The van der Waals surface area contributed by atoms with E-state index in [1.807, 2.05) is 30.3 Å². The lowest BCUT2D eigenvalue weighted by Gasteiger charge is -2.08. The Labute approximate surface area is 133 Å². The van der Waals surface area contributed by atoms with Crippen molar-refractivity contribution >= 4 is 44.4 Å². The van der Waals surface area contributed by atoms with Gasteiger partial charge in [-0.1, -0.05) is 24.3 Å². The van der Waals surface area contributed by atoms with Gasteiger partial charge in [-0.2, -0.15) is 0 Å². The van der Waals surface area contributed by atoms with Gasteiger partial charge in [0.05, 0.1) is 10.0 Å². The van der Waals surface area contributed by atoms with Gasteiger partial charge in [0.15, 0.2) is 0 Å². The third kappa shape index (κ3) is 2.77. The van der Waals surface area contributed by atoms with Crippen molar-refractivity contribution in [2.45, 2.75) is 10.1 Å². The molecule has 2 aromatic heterocycles. The van der Waals surface area contributed by atoms with Crippen molar-refractivity contribution < 1.29 is 9.90 Å². The summed E-state index contributed by atoms with van der Waals surface area (Å²) in [5.74, 6) is -0.978. The normalized spacial score (nSPS) is 10.7. The number of benzene rings is 1. The van der Waals surface area contributed by atoms with Gasteiger partial charge < -0.3 is 5.11 Å².